The van der Waals surface area contributed by atoms with Gasteiger partial charge in [-0.2, -0.15) is 0 Å². The van der Waals surface area contributed by atoms with Crippen LogP contribution in [-0.4, -0.2) is 11.9 Å². The monoisotopic (exact) mass is 313 g/mol. The second kappa shape index (κ2) is 6.89. The number of amides is 1. The summed E-state index contributed by atoms with van der Waals surface area (Å²) in [5.74, 6) is -0.326. The molecule has 1 amide bonds. The average Bonchev–Trinajstić information content (AvgIpc) is 3.06. The number of carbonyl (C=O) groups excluding carboxylic acids is 1. The van der Waals surface area contributed by atoms with Gasteiger partial charge in [0, 0.05) is 11.7 Å². The summed E-state index contributed by atoms with van der Waals surface area (Å²) in [5.41, 5.74) is 9.05. The summed E-state index contributed by atoms with van der Waals surface area (Å²) in [4.78, 5) is 12.4. The maximum Gasteiger partial charge on any atom is 0.242 e. The molecule has 0 spiro atoms. The molecule has 1 heterocycles. The molecule has 120 valence electrons. The quantitative estimate of drug-likeness (QED) is 0.813. The first-order valence-electron chi connectivity index (χ1n) is 7.82. The fourth-order valence-corrected chi connectivity index (χ4v) is 2.81. The third-order valence-electron chi connectivity index (χ3n) is 4.15. The van der Waals surface area contributed by atoms with Gasteiger partial charge in [-0.05, 0) is 42.2 Å². The standard InChI is InChI=1S/C18H20FN3O/c1-2-12-5-3-4-6-15(12)20-18(23)17-11-16(21-22-17)13-7-9-14(19)10-8-13/h3-10,16-17,21-22H,2,11H2,1H3,(H,20,23). The number of anilines is 1. The second-order valence-corrected chi connectivity index (χ2v) is 5.68. The number of hydrogen-bond donors (Lipinski definition) is 3. The molecule has 2 aromatic carbocycles. The van der Waals surface area contributed by atoms with E-state index in [1.54, 1.807) is 12.1 Å². The van der Waals surface area contributed by atoms with Gasteiger partial charge in [0.05, 0.1) is 0 Å². The highest BCUT2D eigenvalue weighted by Crippen LogP contribution is 2.23. The van der Waals surface area contributed by atoms with E-state index in [1.807, 2.05) is 24.3 Å². The van der Waals surface area contributed by atoms with Crippen molar-refractivity contribution in [2.24, 2.45) is 0 Å². The Hall–Kier alpha value is -2.24. The van der Waals surface area contributed by atoms with Crippen molar-refractivity contribution in [3.63, 3.8) is 0 Å². The van der Waals surface area contributed by atoms with Crippen molar-refractivity contribution in [1.82, 2.24) is 10.9 Å². The normalized spacial score (nSPS) is 20.4. The van der Waals surface area contributed by atoms with E-state index < -0.39 is 0 Å². The third kappa shape index (κ3) is 3.57. The van der Waals surface area contributed by atoms with Crippen LogP contribution in [0.1, 0.15) is 30.5 Å². The SMILES string of the molecule is CCc1ccccc1NC(=O)C1CC(c2ccc(F)cc2)NN1. The number of hydrazine groups is 1. The molecule has 1 saturated heterocycles. The highest BCUT2D eigenvalue weighted by atomic mass is 19.1. The molecule has 0 aliphatic carbocycles. The highest BCUT2D eigenvalue weighted by molar-refractivity contribution is 5.95. The smallest absolute Gasteiger partial charge is 0.242 e. The molecule has 0 bridgehead atoms. The average molecular weight is 313 g/mol. The molecule has 2 aromatic rings. The third-order valence-corrected chi connectivity index (χ3v) is 4.15. The van der Waals surface area contributed by atoms with E-state index in [9.17, 15) is 9.18 Å². The van der Waals surface area contributed by atoms with Gasteiger partial charge in [-0.15, -0.1) is 0 Å². The van der Waals surface area contributed by atoms with Gasteiger partial charge in [0.15, 0.2) is 0 Å². The molecule has 2 atom stereocenters. The summed E-state index contributed by atoms with van der Waals surface area (Å²) in [7, 11) is 0. The number of carbonyl (C=O) groups is 1. The Kier molecular flexibility index (Phi) is 4.69. The molecule has 0 saturated carbocycles. The lowest BCUT2D eigenvalue weighted by Crippen LogP contribution is -2.39. The number of para-hydroxylation sites is 1. The predicted molar refractivity (Wildman–Crippen MR) is 88.3 cm³/mol. The van der Waals surface area contributed by atoms with Gasteiger partial charge < -0.3 is 5.32 Å². The lowest BCUT2D eigenvalue weighted by molar-refractivity contribution is -0.117. The molecule has 3 N–H and O–H groups in total. The molecule has 1 aliphatic rings. The number of hydrogen-bond acceptors (Lipinski definition) is 3. The van der Waals surface area contributed by atoms with Gasteiger partial charge in [0.2, 0.25) is 5.91 Å². The fourth-order valence-electron chi connectivity index (χ4n) is 2.81. The largest absolute Gasteiger partial charge is 0.324 e. The molecule has 0 radical (unpaired) electrons. The molecule has 0 aromatic heterocycles. The van der Waals surface area contributed by atoms with Crippen molar-refractivity contribution in [2.75, 3.05) is 5.32 Å². The number of aryl methyl sites for hydroxylation is 1. The summed E-state index contributed by atoms with van der Waals surface area (Å²) in [5, 5.41) is 2.98. The van der Waals surface area contributed by atoms with Crippen LogP contribution in [0.2, 0.25) is 0 Å². The van der Waals surface area contributed by atoms with E-state index in [0.29, 0.717) is 6.42 Å². The fraction of sp³-hybridized carbons (Fsp3) is 0.278. The highest BCUT2D eigenvalue weighted by Gasteiger charge is 2.30. The Balaban J connectivity index is 1.64. The van der Waals surface area contributed by atoms with Gasteiger partial charge in [-0.3, -0.25) is 4.79 Å². The van der Waals surface area contributed by atoms with Crippen molar-refractivity contribution in [3.8, 4) is 0 Å². The maximum absolute atomic E-state index is 13.0. The Morgan fingerprint density at radius 3 is 2.65 bits per heavy atom. The molecule has 5 heteroatoms. The zero-order valence-electron chi connectivity index (χ0n) is 13.0. The summed E-state index contributed by atoms with van der Waals surface area (Å²) < 4.78 is 13.0. The van der Waals surface area contributed by atoms with Crippen LogP contribution in [0.4, 0.5) is 10.1 Å². The second-order valence-electron chi connectivity index (χ2n) is 5.68. The van der Waals surface area contributed by atoms with Crippen molar-refractivity contribution >= 4 is 11.6 Å². The molecule has 23 heavy (non-hydrogen) atoms. The van der Waals surface area contributed by atoms with Crippen LogP contribution in [0, 0.1) is 5.82 Å². The Morgan fingerprint density at radius 1 is 1.17 bits per heavy atom. The molecule has 4 nitrogen and oxygen atoms in total. The molecule has 1 aliphatic heterocycles. The van der Waals surface area contributed by atoms with Crippen LogP contribution in [0.15, 0.2) is 48.5 Å². The van der Waals surface area contributed by atoms with Crippen molar-refractivity contribution in [1.29, 1.82) is 0 Å². The molecular formula is C18H20FN3O. The summed E-state index contributed by atoms with van der Waals surface area (Å²) in [6, 6.07) is 13.8. The first-order chi connectivity index (χ1) is 11.2. The summed E-state index contributed by atoms with van der Waals surface area (Å²) >= 11 is 0. The minimum Gasteiger partial charge on any atom is -0.324 e. The molecule has 2 unspecified atom stereocenters. The first kappa shape index (κ1) is 15.6. The van der Waals surface area contributed by atoms with Gasteiger partial charge in [0.1, 0.15) is 11.9 Å². The topological polar surface area (TPSA) is 53.2 Å². The molecule has 3 rings (SSSR count). The van der Waals surface area contributed by atoms with E-state index in [2.05, 4.69) is 23.1 Å². The number of nitrogens with one attached hydrogen (secondary N) is 3. The molecule has 1 fully saturated rings. The minimum absolute atomic E-state index is 0.00670. The predicted octanol–water partition coefficient (Wildman–Crippen LogP) is 2.93. The van der Waals surface area contributed by atoms with Crippen LogP contribution in [0.3, 0.4) is 0 Å². The lowest BCUT2D eigenvalue weighted by Gasteiger charge is -2.13. The minimum atomic E-state index is -0.324. The van der Waals surface area contributed by atoms with Gasteiger partial charge in [-0.25, -0.2) is 15.2 Å². The van der Waals surface area contributed by atoms with Crippen LogP contribution >= 0.6 is 0 Å². The summed E-state index contributed by atoms with van der Waals surface area (Å²) in [6.07, 6.45) is 1.48. The van der Waals surface area contributed by atoms with Gasteiger partial charge in [-0.1, -0.05) is 37.3 Å². The summed E-state index contributed by atoms with van der Waals surface area (Å²) in [6.45, 7) is 2.06. The van der Waals surface area contributed by atoms with Crippen LogP contribution in [0.5, 0.6) is 0 Å². The first-order valence-corrected chi connectivity index (χ1v) is 7.82. The molecular weight excluding hydrogens is 293 g/mol. The zero-order valence-corrected chi connectivity index (χ0v) is 13.0. The van der Waals surface area contributed by atoms with E-state index in [-0.39, 0.29) is 23.8 Å². The van der Waals surface area contributed by atoms with E-state index >= 15 is 0 Å². The Labute approximate surface area is 135 Å². The Bertz CT molecular complexity index is 687. The van der Waals surface area contributed by atoms with Gasteiger partial charge in [0.25, 0.3) is 0 Å². The maximum atomic E-state index is 13.0. The number of rotatable bonds is 4. The van der Waals surface area contributed by atoms with Crippen LogP contribution in [0.25, 0.3) is 0 Å². The zero-order chi connectivity index (χ0) is 16.2. The van der Waals surface area contributed by atoms with Crippen LogP contribution in [-0.2, 0) is 11.2 Å². The van der Waals surface area contributed by atoms with Crippen LogP contribution < -0.4 is 16.2 Å². The lowest BCUT2D eigenvalue weighted by atomic mass is 10.0. The van der Waals surface area contributed by atoms with E-state index in [1.165, 1.54) is 12.1 Å². The van der Waals surface area contributed by atoms with Gasteiger partial charge >= 0.3 is 0 Å². The number of benzene rings is 2. The van der Waals surface area contributed by atoms with E-state index in [4.69, 9.17) is 0 Å². The van der Waals surface area contributed by atoms with Crippen molar-refractivity contribution in [3.05, 3.63) is 65.5 Å². The van der Waals surface area contributed by atoms with Crippen molar-refractivity contribution in [2.45, 2.75) is 31.8 Å². The number of halogens is 1. The Morgan fingerprint density at radius 2 is 1.91 bits per heavy atom. The van der Waals surface area contributed by atoms with Crippen molar-refractivity contribution < 1.29 is 9.18 Å². The van der Waals surface area contributed by atoms with E-state index in [0.717, 1.165) is 23.2 Å².